The van der Waals surface area contributed by atoms with E-state index in [4.69, 9.17) is 16.9 Å². The number of terminal acetylenes is 1. The molecule has 4 amide bonds. The van der Waals surface area contributed by atoms with Gasteiger partial charge in [0.15, 0.2) is 0 Å². The first kappa shape index (κ1) is 33.5. The molecule has 39 heavy (non-hydrogen) atoms. The van der Waals surface area contributed by atoms with E-state index in [-0.39, 0.29) is 6.54 Å². The zero-order valence-corrected chi connectivity index (χ0v) is 24.6. The van der Waals surface area contributed by atoms with Gasteiger partial charge in [0.05, 0.1) is 6.42 Å². The molecule has 0 aliphatic heterocycles. The molecular weight excluding hydrogens is 496 g/mol. The van der Waals surface area contributed by atoms with Crippen LogP contribution in [0, 0.1) is 12.3 Å². The minimum atomic E-state index is -1.32. The van der Waals surface area contributed by atoms with Gasteiger partial charge in [0, 0.05) is 17.6 Å². The summed E-state index contributed by atoms with van der Waals surface area (Å²) >= 11 is 0. The van der Waals surface area contributed by atoms with Crippen molar-refractivity contribution in [1.82, 2.24) is 15.5 Å². The number of hydrogen-bond donors (Lipinski definition) is 3. The third kappa shape index (κ3) is 12.7. The minimum Gasteiger partial charge on any atom is -0.444 e. The molecule has 0 aliphatic carbocycles. The third-order valence-corrected chi connectivity index (χ3v) is 5.63. The maximum Gasteiger partial charge on any atom is 0.408 e. The second kappa shape index (κ2) is 15.2. The van der Waals surface area contributed by atoms with Crippen molar-refractivity contribution in [1.29, 1.82) is 0 Å². The van der Waals surface area contributed by atoms with Gasteiger partial charge in [-0.2, -0.15) is 0 Å². The van der Waals surface area contributed by atoms with Gasteiger partial charge in [0.2, 0.25) is 17.7 Å². The van der Waals surface area contributed by atoms with E-state index in [0.29, 0.717) is 17.5 Å². The second-order valence-electron chi connectivity index (χ2n) is 11.7. The van der Waals surface area contributed by atoms with Crippen molar-refractivity contribution < 1.29 is 23.9 Å². The summed E-state index contributed by atoms with van der Waals surface area (Å²) in [5.41, 5.74) is 5.23. The fourth-order valence-corrected chi connectivity index (χ4v) is 3.98. The molecule has 0 saturated heterocycles. The predicted molar refractivity (Wildman–Crippen MR) is 152 cm³/mol. The number of nitrogens with zero attached hydrogens (tertiary/aromatic N) is 1. The number of alkyl carbamates (subject to hydrolysis) is 1. The number of carbonyl (C=O) groups excluding carboxylic acids is 4. The molecule has 1 aromatic rings. The normalized spacial score (nSPS) is 13.0. The molecule has 216 valence electrons. The van der Waals surface area contributed by atoms with Crippen molar-refractivity contribution in [2.24, 2.45) is 5.73 Å². The molecule has 2 unspecified atom stereocenters. The lowest BCUT2D eigenvalue weighted by atomic mass is 9.98. The number of carbonyl (C=O) groups is 4. The molecule has 0 heterocycles. The average Bonchev–Trinajstić information content (AvgIpc) is 2.80. The van der Waals surface area contributed by atoms with Crippen LogP contribution in [-0.2, 0) is 19.1 Å². The Morgan fingerprint density at radius 1 is 1.00 bits per heavy atom. The van der Waals surface area contributed by atoms with Crippen molar-refractivity contribution in [2.45, 2.75) is 110 Å². The van der Waals surface area contributed by atoms with Gasteiger partial charge in [-0.05, 0) is 65.7 Å². The summed E-state index contributed by atoms with van der Waals surface area (Å²) in [7, 11) is 0. The zero-order valence-electron chi connectivity index (χ0n) is 24.6. The van der Waals surface area contributed by atoms with E-state index >= 15 is 0 Å². The molecule has 9 heteroatoms. The number of nitrogens with two attached hydrogens (primary N) is 1. The van der Waals surface area contributed by atoms with E-state index in [1.807, 2.05) is 20.8 Å². The Bertz CT molecular complexity index is 1020. The summed E-state index contributed by atoms with van der Waals surface area (Å²) in [6.07, 6.45) is 8.78. The first-order valence-electron chi connectivity index (χ1n) is 13.5. The smallest absolute Gasteiger partial charge is 0.408 e. The van der Waals surface area contributed by atoms with Gasteiger partial charge < -0.3 is 26.0 Å². The summed E-state index contributed by atoms with van der Waals surface area (Å²) in [5, 5.41) is 5.46. The Labute approximate surface area is 233 Å². The molecule has 0 spiro atoms. The van der Waals surface area contributed by atoms with Gasteiger partial charge in [-0.1, -0.05) is 50.7 Å². The highest BCUT2D eigenvalue weighted by atomic mass is 16.6. The Kier molecular flexibility index (Phi) is 13.0. The van der Waals surface area contributed by atoms with Crippen LogP contribution >= 0.6 is 0 Å². The highest BCUT2D eigenvalue weighted by Gasteiger charge is 2.37. The van der Waals surface area contributed by atoms with Gasteiger partial charge in [-0.3, -0.25) is 14.4 Å². The Morgan fingerprint density at radius 2 is 1.59 bits per heavy atom. The van der Waals surface area contributed by atoms with Crippen LogP contribution in [0.5, 0.6) is 0 Å². The predicted octanol–water partition coefficient (Wildman–Crippen LogP) is 4.19. The SMILES string of the molecule is C#Cc1ccc(C(C(=O)NC(C)(C)C)N(CCCCCCC)C(=O)C(CC(N)=O)NC(=O)OC(C)(C)C)cc1. The molecule has 0 aliphatic rings. The third-order valence-electron chi connectivity index (χ3n) is 5.63. The van der Waals surface area contributed by atoms with Crippen LogP contribution in [0.1, 0.15) is 104 Å². The van der Waals surface area contributed by atoms with Gasteiger partial charge in [0.25, 0.3) is 0 Å². The van der Waals surface area contributed by atoms with Crippen molar-refractivity contribution >= 4 is 23.8 Å². The highest BCUT2D eigenvalue weighted by Crippen LogP contribution is 2.25. The number of benzene rings is 1. The van der Waals surface area contributed by atoms with E-state index in [1.165, 1.54) is 4.90 Å². The maximum atomic E-state index is 14.0. The lowest BCUT2D eigenvalue weighted by molar-refractivity contribution is -0.144. The number of unbranched alkanes of at least 4 members (excludes halogenated alkanes) is 4. The number of primary amides is 1. The van der Waals surface area contributed by atoms with Gasteiger partial charge in [-0.25, -0.2) is 4.79 Å². The van der Waals surface area contributed by atoms with E-state index in [1.54, 1.807) is 45.0 Å². The van der Waals surface area contributed by atoms with Crippen molar-refractivity contribution in [2.75, 3.05) is 6.54 Å². The van der Waals surface area contributed by atoms with E-state index in [9.17, 15) is 19.2 Å². The number of nitrogens with one attached hydrogen (secondary N) is 2. The number of ether oxygens (including phenoxy) is 1. The molecule has 1 aromatic carbocycles. The standard InChI is InChI=1S/C30H46N4O5/c1-9-11-12-13-14-19-34(27(37)23(20-24(31)35)32-28(38)39-30(6,7)8)25(26(36)33-29(3,4)5)22-17-15-21(10-2)16-18-22/h2,15-18,23,25H,9,11-14,19-20H2,1,3-8H3,(H2,31,35)(H,32,38)(H,33,36). The quantitative estimate of drug-likeness (QED) is 0.254. The Morgan fingerprint density at radius 3 is 2.08 bits per heavy atom. The summed E-state index contributed by atoms with van der Waals surface area (Å²) < 4.78 is 5.32. The second-order valence-corrected chi connectivity index (χ2v) is 11.7. The summed E-state index contributed by atoms with van der Waals surface area (Å²) in [5.74, 6) is 0.774. The van der Waals surface area contributed by atoms with E-state index < -0.39 is 53.5 Å². The van der Waals surface area contributed by atoms with Crippen molar-refractivity contribution in [3.05, 3.63) is 35.4 Å². The fraction of sp³-hybridized carbons (Fsp3) is 0.600. The Balaban J connectivity index is 3.54. The van der Waals surface area contributed by atoms with Gasteiger partial charge in [0.1, 0.15) is 17.7 Å². The van der Waals surface area contributed by atoms with Crippen molar-refractivity contribution in [3.63, 3.8) is 0 Å². The van der Waals surface area contributed by atoms with Crippen molar-refractivity contribution in [3.8, 4) is 12.3 Å². The van der Waals surface area contributed by atoms with Crippen LogP contribution in [0.25, 0.3) is 0 Å². The topological polar surface area (TPSA) is 131 Å². The molecule has 0 aromatic heterocycles. The molecule has 0 saturated carbocycles. The van der Waals surface area contributed by atoms with Crippen LogP contribution in [0.3, 0.4) is 0 Å². The molecule has 9 nitrogen and oxygen atoms in total. The summed E-state index contributed by atoms with van der Waals surface area (Å²) in [6, 6.07) is 4.48. The Hall–Kier alpha value is -3.54. The fourth-order valence-electron chi connectivity index (χ4n) is 3.98. The maximum absolute atomic E-state index is 14.0. The molecule has 1 rings (SSSR count). The zero-order chi connectivity index (χ0) is 29.8. The lowest BCUT2D eigenvalue weighted by Crippen LogP contribution is -2.55. The number of rotatable bonds is 13. The lowest BCUT2D eigenvalue weighted by Gasteiger charge is -2.36. The summed E-state index contributed by atoms with van der Waals surface area (Å²) in [6.45, 7) is 12.9. The largest absolute Gasteiger partial charge is 0.444 e. The molecule has 0 radical (unpaired) electrons. The molecule has 0 fully saturated rings. The number of hydrogen-bond acceptors (Lipinski definition) is 5. The molecule has 4 N–H and O–H groups in total. The first-order chi connectivity index (χ1) is 18.1. The monoisotopic (exact) mass is 542 g/mol. The minimum absolute atomic E-state index is 0.229. The van der Waals surface area contributed by atoms with Crippen LogP contribution in [0.15, 0.2) is 24.3 Å². The van der Waals surface area contributed by atoms with E-state index in [2.05, 4.69) is 23.5 Å². The molecule has 2 atom stereocenters. The summed E-state index contributed by atoms with van der Waals surface area (Å²) in [4.78, 5) is 53.7. The first-order valence-corrected chi connectivity index (χ1v) is 13.5. The highest BCUT2D eigenvalue weighted by molar-refractivity contribution is 5.94. The molecular formula is C30H46N4O5. The number of amides is 4. The molecule has 0 bridgehead atoms. The van der Waals surface area contributed by atoms with Crippen LogP contribution in [0.2, 0.25) is 0 Å². The van der Waals surface area contributed by atoms with Crippen LogP contribution in [-0.4, -0.2) is 52.4 Å². The van der Waals surface area contributed by atoms with E-state index in [0.717, 1.165) is 25.7 Å². The van der Waals surface area contributed by atoms with Gasteiger partial charge in [-0.15, -0.1) is 6.42 Å². The average molecular weight is 543 g/mol. The van der Waals surface area contributed by atoms with Gasteiger partial charge >= 0.3 is 6.09 Å². The van der Waals surface area contributed by atoms with Crippen LogP contribution in [0.4, 0.5) is 4.79 Å². The van der Waals surface area contributed by atoms with Crippen LogP contribution < -0.4 is 16.4 Å².